The lowest BCUT2D eigenvalue weighted by Gasteiger charge is -2.11. The molecule has 0 saturated carbocycles. The Morgan fingerprint density at radius 1 is 0.750 bits per heavy atom. The maximum absolute atomic E-state index is 12.6. The van der Waals surface area contributed by atoms with Gasteiger partial charge in [-0.1, -0.05) is 109 Å². The first-order valence-electron chi connectivity index (χ1n) is 12.5. The van der Waals surface area contributed by atoms with Crippen LogP contribution in [0.3, 0.4) is 0 Å². The molecule has 2 aromatic rings. The summed E-state index contributed by atoms with van der Waals surface area (Å²) < 4.78 is 27.8. The Hall–Kier alpha value is -1.79. The van der Waals surface area contributed by atoms with Gasteiger partial charge in [-0.2, -0.15) is 0 Å². The SMILES string of the molecule is CCCCCCCCCCCCCCCCNS(=O)(=O)c1ccc2c(N)cccc2c1O. The van der Waals surface area contributed by atoms with Gasteiger partial charge in [-0.3, -0.25) is 0 Å². The molecule has 4 N–H and O–H groups in total. The first kappa shape index (κ1) is 26.5. The number of aromatic hydroxyl groups is 1. The van der Waals surface area contributed by atoms with Gasteiger partial charge in [-0.15, -0.1) is 0 Å². The third-order valence-electron chi connectivity index (χ3n) is 6.14. The maximum Gasteiger partial charge on any atom is 0.244 e. The Morgan fingerprint density at radius 3 is 1.84 bits per heavy atom. The van der Waals surface area contributed by atoms with Crippen LogP contribution in [0.5, 0.6) is 5.75 Å². The Kier molecular flexibility index (Phi) is 11.9. The van der Waals surface area contributed by atoms with Crippen LogP contribution in [0.15, 0.2) is 35.2 Å². The molecule has 2 rings (SSSR count). The normalized spacial score (nSPS) is 11.9. The second-order valence-corrected chi connectivity index (χ2v) is 10.6. The highest BCUT2D eigenvalue weighted by atomic mass is 32.2. The molecule has 0 radical (unpaired) electrons. The van der Waals surface area contributed by atoms with Crippen LogP contribution in [0.4, 0.5) is 5.69 Å². The zero-order chi connectivity index (χ0) is 23.2. The van der Waals surface area contributed by atoms with Crippen LogP contribution in [0, 0.1) is 0 Å². The molecule has 0 heterocycles. The Morgan fingerprint density at radius 2 is 1.28 bits per heavy atom. The molecule has 0 spiro atoms. The second kappa shape index (κ2) is 14.4. The predicted molar refractivity (Wildman–Crippen MR) is 136 cm³/mol. The number of rotatable bonds is 17. The molecule has 0 aliphatic heterocycles. The summed E-state index contributed by atoms with van der Waals surface area (Å²) in [5.41, 5.74) is 6.42. The Bertz CT molecular complexity index is 913. The van der Waals surface area contributed by atoms with E-state index in [1.54, 1.807) is 24.3 Å². The summed E-state index contributed by atoms with van der Waals surface area (Å²) in [6.45, 7) is 2.64. The predicted octanol–water partition coefficient (Wildman–Crippen LogP) is 6.89. The van der Waals surface area contributed by atoms with Crippen molar-refractivity contribution < 1.29 is 13.5 Å². The number of hydrogen-bond donors (Lipinski definition) is 3. The van der Waals surface area contributed by atoms with Crippen molar-refractivity contribution in [2.24, 2.45) is 0 Å². The standard InChI is InChI=1S/C26H42N2O3S/c1-2-3-4-5-6-7-8-9-10-11-12-13-14-15-21-28-32(30,31)25-20-19-22-23(26(25)29)17-16-18-24(22)27/h16-20,28-29H,2-15,21,27H2,1H3. The molecule has 0 fully saturated rings. The second-order valence-electron chi connectivity index (χ2n) is 8.85. The van der Waals surface area contributed by atoms with Crippen LogP contribution in [-0.2, 0) is 10.0 Å². The fourth-order valence-electron chi connectivity index (χ4n) is 4.17. The van der Waals surface area contributed by atoms with E-state index in [1.807, 2.05) is 0 Å². The number of unbranched alkanes of at least 4 members (excludes halogenated alkanes) is 13. The molecule has 0 saturated heterocycles. The summed E-state index contributed by atoms with van der Waals surface area (Å²) in [6.07, 6.45) is 17.7. The fourth-order valence-corrected chi connectivity index (χ4v) is 5.35. The Labute approximate surface area is 194 Å². The van der Waals surface area contributed by atoms with E-state index < -0.39 is 10.0 Å². The third-order valence-corrected chi connectivity index (χ3v) is 7.63. The largest absolute Gasteiger partial charge is 0.506 e. The lowest BCUT2D eigenvalue weighted by molar-refractivity contribution is 0.464. The van der Waals surface area contributed by atoms with Gasteiger partial charge in [0.2, 0.25) is 10.0 Å². The number of nitrogen functional groups attached to an aromatic ring is 1. The lowest BCUT2D eigenvalue weighted by atomic mass is 10.0. The van der Waals surface area contributed by atoms with Gasteiger partial charge in [-0.05, 0) is 18.6 Å². The summed E-state index contributed by atoms with van der Waals surface area (Å²) >= 11 is 0. The quantitative estimate of drug-likeness (QED) is 0.176. The minimum absolute atomic E-state index is 0.0963. The number of benzene rings is 2. The lowest BCUT2D eigenvalue weighted by Crippen LogP contribution is -2.24. The number of phenolic OH excluding ortho intramolecular Hbond substituents is 1. The van der Waals surface area contributed by atoms with E-state index in [-0.39, 0.29) is 10.6 Å². The highest BCUT2D eigenvalue weighted by molar-refractivity contribution is 7.89. The van der Waals surface area contributed by atoms with Crippen molar-refractivity contribution in [2.75, 3.05) is 12.3 Å². The first-order chi connectivity index (χ1) is 15.5. The van der Waals surface area contributed by atoms with Crippen LogP contribution in [0.2, 0.25) is 0 Å². The molecular formula is C26H42N2O3S. The minimum Gasteiger partial charge on any atom is -0.506 e. The number of nitrogens with one attached hydrogen (secondary N) is 1. The zero-order valence-corrected chi connectivity index (χ0v) is 20.6. The minimum atomic E-state index is -3.75. The van der Waals surface area contributed by atoms with Crippen LogP contribution in [-0.4, -0.2) is 20.1 Å². The van der Waals surface area contributed by atoms with Crippen LogP contribution < -0.4 is 10.5 Å². The maximum atomic E-state index is 12.6. The average molecular weight is 463 g/mol. The number of fused-ring (bicyclic) bond motifs is 1. The molecule has 2 aromatic carbocycles. The van der Waals surface area contributed by atoms with Crippen molar-refractivity contribution in [3.8, 4) is 5.75 Å². The van der Waals surface area contributed by atoms with E-state index in [0.717, 1.165) is 19.3 Å². The van der Waals surface area contributed by atoms with E-state index in [1.165, 1.54) is 76.7 Å². The molecule has 180 valence electrons. The first-order valence-corrected chi connectivity index (χ1v) is 14.0. The molecule has 0 aromatic heterocycles. The zero-order valence-electron chi connectivity index (χ0n) is 19.7. The van der Waals surface area contributed by atoms with E-state index in [4.69, 9.17) is 5.73 Å². The van der Waals surface area contributed by atoms with Gasteiger partial charge in [0, 0.05) is 23.0 Å². The summed E-state index contributed by atoms with van der Waals surface area (Å²) in [4.78, 5) is -0.0963. The van der Waals surface area contributed by atoms with E-state index in [9.17, 15) is 13.5 Å². The van der Waals surface area contributed by atoms with Gasteiger partial charge < -0.3 is 10.8 Å². The molecule has 0 aliphatic rings. The highest BCUT2D eigenvalue weighted by Gasteiger charge is 2.20. The van der Waals surface area contributed by atoms with Gasteiger partial charge in [0.15, 0.2) is 0 Å². The monoisotopic (exact) mass is 462 g/mol. The summed E-state index contributed by atoms with van der Waals surface area (Å²) in [5.74, 6) is -0.247. The fraction of sp³-hybridized carbons (Fsp3) is 0.615. The van der Waals surface area contributed by atoms with Crippen molar-refractivity contribution >= 4 is 26.5 Å². The average Bonchev–Trinajstić information content (AvgIpc) is 2.77. The van der Waals surface area contributed by atoms with Crippen molar-refractivity contribution in [1.82, 2.24) is 4.72 Å². The number of sulfonamides is 1. The van der Waals surface area contributed by atoms with Crippen LogP contribution in [0.1, 0.15) is 96.8 Å². The molecule has 6 heteroatoms. The molecule has 0 unspecified atom stereocenters. The topological polar surface area (TPSA) is 92.4 Å². The third kappa shape index (κ3) is 8.62. The number of anilines is 1. The van der Waals surface area contributed by atoms with Gasteiger partial charge in [0.25, 0.3) is 0 Å². The van der Waals surface area contributed by atoms with E-state index in [2.05, 4.69) is 11.6 Å². The molecule has 0 atom stereocenters. The van der Waals surface area contributed by atoms with E-state index in [0.29, 0.717) is 23.0 Å². The Balaban J connectivity index is 1.57. The van der Waals surface area contributed by atoms with Gasteiger partial charge in [-0.25, -0.2) is 13.1 Å². The van der Waals surface area contributed by atoms with Gasteiger partial charge >= 0.3 is 0 Å². The van der Waals surface area contributed by atoms with Gasteiger partial charge in [0.05, 0.1) is 0 Å². The molecular weight excluding hydrogens is 420 g/mol. The smallest absolute Gasteiger partial charge is 0.244 e. The molecule has 0 amide bonds. The van der Waals surface area contributed by atoms with Crippen molar-refractivity contribution in [1.29, 1.82) is 0 Å². The number of phenols is 1. The van der Waals surface area contributed by atoms with Crippen molar-refractivity contribution in [3.05, 3.63) is 30.3 Å². The van der Waals surface area contributed by atoms with Crippen molar-refractivity contribution in [2.45, 2.75) is 102 Å². The molecule has 0 bridgehead atoms. The summed E-state index contributed by atoms with van der Waals surface area (Å²) in [7, 11) is -3.75. The number of nitrogens with two attached hydrogens (primary N) is 1. The molecule has 5 nitrogen and oxygen atoms in total. The summed E-state index contributed by atoms with van der Waals surface area (Å²) in [6, 6.07) is 8.17. The van der Waals surface area contributed by atoms with Crippen LogP contribution in [0.25, 0.3) is 10.8 Å². The molecule has 0 aliphatic carbocycles. The van der Waals surface area contributed by atoms with E-state index >= 15 is 0 Å². The van der Waals surface area contributed by atoms with Crippen molar-refractivity contribution in [3.63, 3.8) is 0 Å². The number of hydrogen-bond acceptors (Lipinski definition) is 4. The van der Waals surface area contributed by atoms with Crippen LogP contribution >= 0.6 is 0 Å². The summed E-state index contributed by atoms with van der Waals surface area (Å²) in [5, 5.41) is 11.6. The van der Waals surface area contributed by atoms with Gasteiger partial charge in [0.1, 0.15) is 10.6 Å². The molecule has 32 heavy (non-hydrogen) atoms. The highest BCUT2D eigenvalue weighted by Crippen LogP contribution is 2.34.